The Balaban J connectivity index is 0.000000211. The molecule has 0 saturated heterocycles. The predicted molar refractivity (Wildman–Crippen MR) is 195 cm³/mol. The highest BCUT2D eigenvalue weighted by molar-refractivity contribution is 7.10. The first-order chi connectivity index (χ1) is 22.0. The first-order valence-electron chi connectivity index (χ1n) is 14.4. The van der Waals surface area contributed by atoms with Gasteiger partial charge in [-0.15, -0.1) is 34.0 Å². The number of hydrogen-bond acceptors (Lipinski definition) is 5. The number of halogens is 3. The Morgan fingerprint density at radius 2 is 0.844 bits per heavy atom. The minimum atomic E-state index is 0.627. The van der Waals surface area contributed by atoms with Gasteiger partial charge in [-0.2, -0.15) is 0 Å². The van der Waals surface area contributed by atoms with Crippen LogP contribution in [0.1, 0.15) is 48.0 Å². The fourth-order valence-corrected chi connectivity index (χ4v) is 8.11. The summed E-state index contributed by atoms with van der Waals surface area (Å²) in [4.78, 5) is 3.85. The fraction of sp³-hybridized carbons (Fsp3) is 0.189. The van der Waals surface area contributed by atoms with Crippen molar-refractivity contribution in [3.8, 4) is 0 Å². The molecule has 0 unspecified atom stereocenters. The zero-order chi connectivity index (χ0) is 31.4. The summed E-state index contributed by atoms with van der Waals surface area (Å²) in [6.07, 6.45) is 2.67. The summed E-state index contributed by atoms with van der Waals surface area (Å²) in [5.41, 5.74) is 7.63. The van der Waals surface area contributed by atoms with Crippen molar-refractivity contribution < 1.29 is 9.47 Å². The number of hydrogen-bond donors (Lipinski definition) is 0. The minimum absolute atomic E-state index is 0.627. The minimum Gasteiger partial charge on any atom is -0.379 e. The molecule has 0 saturated carbocycles. The van der Waals surface area contributed by atoms with Crippen molar-refractivity contribution in [3.63, 3.8) is 0 Å². The van der Waals surface area contributed by atoms with Gasteiger partial charge in [0.25, 0.3) is 0 Å². The van der Waals surface area contributed by atoms with E-state index in [9.17, 15) is 0 Å². The molecule has 0 N–H and O–H groups in total. The normalized spacial score (nSPS) is 10.9. The van der Waals surface area contributed by atoms with Gasteiger partial charge in [-0.25, -0.2) is 0 Å². The molecule has 0 aliphatic carbocycles. The average molecular weight is 712 g/mol. The molecule has 0 bridgehead atoms. The molecule has 2 nitrogen and oxygen atoms in total. The Morgan fingerprint density at radius 3 is 1.18 bits per heavy atom. The zero-order valence-electron chi connectivity index (χ0n) is 24.8. The lowest BCUT2D eigenvalue weighted by Gasteiger charge is -2.08. The van der Waals surface area contributed by atoms with Crippen LogP contribution in [0.3, 0.4) is 0 Å². The van der Waals surface area contributed by atoms with Crippen LogP contribution in [0.2, 0.25) is 15.1 Å². The zero-order valence-corrected chi connectivity index (χ0v) is 29.5. The summed E-state index contributed by atoms with van der Waals surface area (Å²) >= 11 is 23.4. The van der Waals surface area contributed by atoms with Crippen LogP contribution in [0.5, 0.6) is 0 Å². The largest absolute Gasteiger partial charge is 0.379 e. The maximum absolute atomic E-state index is 6.12. The van der Waals surface area contributed by atoms with Gasteiger partial charge < -0.3 is 9.47 Å². The van der Waals surface area contributed by atoms with Crippen molar-refractivity contribution in [2.75, 3.05) is 7.11 Å². The lowest BCUT2D eigenvalue weighted by molar-refractivity contribution is 0.110. The summed E-state index contributed by atoms with van der Waals surface area (Å²) in [5, 5.41) is 8.72. The van der Waals surface area contributed by atoms with E-state index in [0.29, 0.717) is 19.8 Å². The Kier molecular flexibility index (Phi) is 13.2. The molecule has 0 atom stereocenters. The van der Waals surface area contributed by atoms with Gasteiger partial charge in [0.1, 0.15) is 0 Å². The SMILES string of the molecule is COCc1sccc1Cc1cccc(Cl)c1.Clc1cccc(Cc2ccsc2COCc2sccc2Cc2cccc(Cl)c2)c1. The molecule has 45 heavy (non-hydrogen) atoms. The van der Waals surface area contributed by atoms with E-state index in [1.54, 1.807) is 41.1 Å². The topological polar surface area (TPSA) is 18.5 Å². The Labute approximate surface area is 292 Å². The monoisotopic (exact) mass is 710 g/mol. The molecule has 0 spiro atoms. The highest BCUT2D eigenvalue weighted by Crippen LogP contribution is 2.26. The molecular formula is C37H33Cl3O2S3. The fourth-order valence-electron chi connectivity index (χ4n) is 4.92. The van der Waals surface area contributed by atoms with Crippen LogP contribution in [0.25, 0.3) is 0 Å². The van der Waals surface area contributed by atoms with E-state index in [2.05, 4.69) is 52.5 Å². The third-order valence-electron chi connectivity index (χ3n) is 7.11. The van der Waals surface area contributed by atoms with Crippen LogP contribution in [-0.4, -0.2) is 7.11 Å². The molecule has 232 valence electrons. The van der Waals surface area contributed by atoms with Gasteiger partial charge in [0.15, 0.2) is 0 Å². The van der Waals surface area contributed by atoms with Gasteiger partial charge in [0.2, 0.25) is 0 Å². The summed E-state index contributed by atoms with van der Waals surface area (Å²) in [6, 6.07) is 30.6. The van der Waals surface area contributed by atoms with E-state index >= 15 is 0 Å². The van der Waals surface area contributed by atoms with Crippen molar-refractivity contribution in [1.29, 1.82) is 0 Å². The maximum Gasteiger partial charge on any atom is 0.0817 e. The van der Waals surface area contributed by atoms with Crippen LogP contribution < -0.4 is 0 Å². The quantitative estimate of drug-likeness (QED) is 0.126. The highest BCUT2D eigenvalue weighted by Gasteiger charge is 2.10. The lowest BCUT2D eigenvalue weighted by atomic mass is 10.1. The van der Waals surface area contributed by atoms with Crippen LogP contribution in [-0.2, 0) is 48.6 Å². The Morgan fingerprint density at radius 1 is 0.489 bits per heavy atom. The third kappa shape index (κ3) is 10.5. The average Bonchev–Trinajstić information content (AvgIpc) is 3.77. The van der Waals surface area contributed by atoms with E-state index < -0.39 is 0 Å². The van der Waals surface area contributed by atoms with E-state index in [1.165, 1.54) is 48.0 Å². The van der Waals surface area contributed by atoms with Crippen molar-refractivity contribution >= 4 is 68.8 Å². The van der Waals surface area contributed by atoms with E-state index in [4.69, 9.17) is 44.3 Å². The summed E-state index contributed by atoms with van der Waals surface area (Å²) < 4.78 is 11.3. The standard InChI is InChI=1S/C24H20Cl2OS2.C13H13ClOS/c25-21-5-1-3-17(13-21)11-19-7-9-28-23(19)15-27-16-24-20(8-10-29-24)12-18-4-2-6-22(26)14-18;1-15-9-13-11(5-6-16-13)7-10-3-2-4-12(14)8-10/h1-10,13-14H,11-12,15-16H2;2-6,8H,7,9H2,1H3. The second-order valence-corrected chi connectivity index (χ2v) is 14.8. The third-order valence-corrected chi connectivity index (χ3v) is 10.6. The Bertz CT molecular complexity index is 1700. The van der Waals surface area contributed by atoms with Gasteiger partial charge in [0, 0.05) is 36.8 Å². The van der Waals surface area contributed by atoms with Crippen LogP contribution >= 0.6 is 68.8 Å². The Hall–Kier alpha value is -2.45. The van der Waals surface area contributed by atoms with Gasteiger partial charge in [-0.3, -0.25) is 0 Å². The highest BCUT2D eigenvalue weighted by atomic mass is 35.5. The summed E-state index contributed by atoms with van der Waals surface area (Å²) in [5.74, 6) is 0. The van der Waals surface area contributed by atoms with Crippen molar-refractivity contribution in [2.24, 2.45) is 0 Å². The van der Waals surface area contributed by atoms with E-state index in [-0.39, 0.29) is 0 Å². The molecule has 3 aromatic carbocycles. The maximum atomic E-state index is 6.12. The van der Waals surface area contributed by atoms with E-state index in [1.807, 2.05) is 54.6 Å². The number of benzene rings is 3. The van der Waals surface area contributed by atoms with Crippen LogP contribution in [0.4, 0.5) is 0 Å². The van der Waals surface area contributed by atoms with Gasteiger partial charge in [-0.05, 0) is 123 Å². The van der Waals surface area contributed by atoms with Crippen LogP contribution in [0.15, 0.2) is 107 Å². The molecule has 3 aromatic heterocycles. The molecule has 0 radical (unpaired) electrons. The van der Waals surface area contributed by atoms with Gasteiger partial charge in [0.05, 0.1) is 19.8 Å². The number of rotatable bonds is 12. The molecule has 0 aliphatic heterocycles. The molecule has 3 heterocycles. The van der Waals surface area contributed by atoms with Crippen LogP contribution in [0, 0.1) is 0 Å². The lowest BCUT2D eigenvalue weighted by Crippen LogP contribution is -1.97. The summed E-state index contributed by atoms with van der Waals surface area (Å²) in [7, 11) is 1.73. The molecule has 6 rings (SSSR count). The first-order valence-corrected chi connectivity index (χ1v) is 18.2. The van der Waals surface area contributed by atoms with Crippen molar-refractivity contribution in [1.82, 2.24) is 0 Å². The van der Waals surface area contributed by atoms with E-state index in [0.717, 1.165) is 34.3 Å². The molecule has 0 amide bonds. The number of ether oxygens (including phenoxy) is 2. The van der Waals surface area contributed by atoms with Crippen molar-refractivity contribution in [2.45, 2.75) is 39.1 Å². The second kappa shape index (κ2) is 17.5. The van der Waals surface area contributed by atoms with Gasteiger partial charge >= 0.3 is 0 Å². The molecule has 0 fully saturated rings. The second-order valence-electron chi connectivity index (χ2n) is 10.5. The summed E-state index contributed by atoms with van der Waals surface area (Å²) in [6.45, 7) is 1.94. The first kappa shape index (κ1) is 33.9. The number of thiophene rings is 3. The predicted octanol–water partition coefficient (Wildman–Crippen LogP) is 12.2. The molecular weight excluding hydrogens is 679 g/mol. The molecule has 8 heteroatoms. The number of methoxy groups -OCH3 is 1. The molecule has 6 aromatic rings. The van der Waals surface area contributed by atoms with Crippen molar-refractivity contribution in [3.05, 3.63) is 170 Å². The smallest absolute Gasteiger partial charge is 0.0817 e. The van der Waals surface area contributed by atoms with Gasteiger partial charge in [-0.1, -0.05) is 71.2 Å². The molecule has 0 aliphatic rings.